The fourth-order valence-electron chi connectivity index (χ4n) is 3.94. The molecule has 34 heavy (non-hydrogen) atoms. The molecule has 0 bridgehead atoms. The van der Waals surface area contributed by atoms with Crippen molar-refractivity contribution in [2.24, 2.45) is 0 Å². The summed E-state index contributed by atoms with van der Waals surface area (Å²) in [6, 6.07) is 22.7. The van der Waals surface area contributed by atoms with Crippen LogP contribution in [-0.2, 0) is 13.0 Å². The van der Waals surface area contributed by atoms with Crippen molar-refractivity contribution < 1.29 is 4.74 Å². The van der Waals surface area contributed by atoms with Crippen LogP contribution in [0.4, 0.5) is 5.82 Å². The summed E-state index contributed by atoms with van der Waals surface area (Å²) in [5.41, 5.74) is 7.84. The van der Waals surface area contributed by atoms with Crippen LogP contribution in [0.1, 0.15) is 23.6 Å². The van der Waals surface area contributed by atoms with Crippen molar-refractivity contribution in [1.29, 1.82) is 0 Å². The van der Waals surface area contributed by atoms with Gasteiger partial charge in [0.2, 0.25) is 0 Å². The summed E-state index contributed by atoms with van der Waals surface area (Å²) in [5.74, 6) is 4.57. The highest BCUT2D eigenvalue weighted by atomic mass is 32.1. The maximum atomic E-state index is 5.71. The highest BCUT2D eigenvalue weighted by Gasteiger charge is 2.18. The van der Waals surface area contributed by atoms with Crippen molar-refractivity contribution in [3.8, 4) is 39.8 Å². The Hall–Kier alpha value is -4.01. The lowest BCUT2D eigenvalue weighted by Gasteiger charge is -2.12. The van der Waals surface area contributed by atoms with Crippen LogP contribution in [0.5, 0.6) is 5.75 Å². The molecule has 2 aliphatic carbocycles. The van der Waals surface area contributed by atoms with E-state index in [1.165, 1.54) is 16.7 Å². The van der Waals surface area contributed by atoms with Crippen LogP contribution in [0.3, 0.4) is 0 Å². The number of benzene rings is 2. The second-order valence-corrected chi connectivity index (χ2v) is 8.90. The van der Waals surface area contributed by atoms with Crippen molar-refractivity contribution in [2.75, 3.05) is 12.4 Å². The first-order chi connectivity index (χ1) is 16.7. The van der Waals surface area contributed by atoms with Gasteiger partial charge in [-0.3, -0.25) is 4.40 Å². The van der Waals surface area contributed by atoms with E-state index in [1.54, 1.807) is 18.4 Å². The van der Waals surface area contributed by atoms with E-state index in [4.69, 9.17) is 16.1 Å². The van der Waals surface area contributed by atoms with E-state index >= 15 is 0 Å². The van der Waals surface area contributed by atoms with E-state index in [0.29, 0.717) is 6.54 Å². The summed E-state index contributed by atoms with van der Waals surface area (Å²) in [7, 11) is 1.69. The van der Waals surface area contributed by atoms with Crippen LogP contribution in [0.25, 0.3) is 27.3 Å². The number of nitrogens with one attached hydrogen (secondary N) is 1. The average molecular weight is 464 g/mol. The number of methoxy groups -OCH3 is 1. The predicted octanol–water partition coefficient (Wildman–Crippen LogP) is 6.89. The molecular weight excluding hydrogens is 438 g/mol. The zero-order chi connectivity index (χ0) is 23.5. The number of nitrogens with zero attached hydrogens (tertiary/aromatic N) is 2. The molecule has 168 valence electrons. The summed E-state index contributed by atoms with van der Waals surface area (Å²) in [4.78, 5) is 5.92. The highest BCUT2D eigenvalue weighted by Crippen LogP contribution is 2.36. The van der Waals surface area contributed by atoms with E-state index in [2.05, 4.69) is 71.2 Å². The normalized spacial score (nSPS) is 10.9. The lowest BCUT2D eigenvalue weighted by atomic mass is 10.2. The predicted molar refractivity (Wildman–Crippen MR) is 142 cm³/mol. The first-order valence-electron chi connectivity index (χ1n) is 11.2. The Morgan fingerprint density at radius 3 is 2.56 bits per heavy atom. The second kappa shape index (κ2) is 9.46. The van der Waals surface area contributed by atoms with Crippen molar-refractivity contribution in [1.82, 2.24) is 9.38 Å². The Morgan fingerprint density at radius 2 is 1.88 bits per heavy atom. The van der Waals surface area contributed by atoms with E-state index in [-0.39, 0.29) is 0 Å². The number of hydrogen-bond donors (Lipinski definition) is 1. The maximum absolute atomic E-state index is 5.71. The number of aromatic nitrogens is 2. The lowest BCUT2D eigenvalue weighted by Crippen LogP contribution is -2.05. The smallest absolute Gasteiger partial charge is 0.140 e. The first kappa shape index (κ1) is 21.8. The molecule has 0 radical (unpaired) electrons. The van der Waals surface area contributed by atoms with Gasteiger partial charge in [-0.2, -0.15) is 0 Å². The molecule has 5 heteroatoms. The number of anilines is 1. The molecule has 0 aliphatic heterocycles. The van der Waals surface area contributed by atoms with Gasteiger partial charge in [0.15, 0.2) is 0 Å². The lowest BCUT2D eigenvalue weighted by molar-refractivity contribution is 0.410. The maximum Gasteiger partial charge on any atom is 0.140 e. The van der Waals surface area contributed by atoms with Gasteiger partial charge >= 0.3 is 0 Å². The molecule has 3 aromatic heterocycles. The molecule has 0 spiro atoms. The third kappa shape index (κ3) is 4.28. The van der Waals surface area contributed by atoms with Gasteiger partial charge in [-0.05, 0) is 58.8 Å². The quantitative estimate of drug-likeness (QED) is 0.273. The van der Waals surface area contributed by atoms with E-state index in [0.717, 1.165) is 45.3 Å². The van der Waals surface area contributed by atoms with Gasteiger partial charge in [0.1, 0.15) is 22.9 Å². The molecule has 0 atom stereocenters. The van der Waals surface area contributed by atoms with E-state index < -0.39 is 0 Å². The monoisotopic (exact) mass is 463 g/mol. The minimum Gasteiger partial charge on any atom is -0.496 e. The zero-order valence-electron chi connectivity index (χ0n) is 19.2. The van der Waals surface area contributed by atoms with E-state index in [1.807, 2.05) is 29.6 Å². The molecule has 0 unspecified atom stereocenters. The van der Waals surface area contributed by atoms with Crippen LogP contribution in [0, 0.1) is 12.3 Å². The molecule has 0 saturated carbocycles. The summed E-state index contributed by atoms with van der Waals surface area (Å²) in [6.07, 6.45) is 8.75. The molecule has 0 amide bonds. The number of ether oxygens (including phenoxy) is 1. The average Bonchev–Trinajstić information content (AvgIpc) is 3.24. The minimum absolute atomic E-state index is 0.622. The molecule has 3 heterocycles. The molecule has 0 saturated heterocycles. The summed E-state index contributed by atoms with van der Waals surface area (Å²) < 4.78 is 7.57. The van der Waals surface area contributed by atoms with Gasteiger partial charge in [0.25, 0.3) is 0 Å². The highest BCUT2D eigenvalue weighted by molar-refractivity contribution is 7.13. The van der Waals surface area contributed by atoms with Crippen LogP contribution in [0.15, 0.2) is 78.3 Å². The van der Waals surface area contributed by atoms with Crippen LogP contribution in [0.2, 0.25) is 0 Å². The Kier molecular flexibility index (Phi) is 6.07. The number of pyridine rings is 1. The van der Waals surface area contributed by atoms with Gasteiger partial charge < -0.3 is 10.1 Å². The number of terminal acetylenes is 1. The largest absolute Gasteiger partial charge is 0.496 e. The standard InChI is InChI=1S/C23H21N3OS.C6H4/c1-4-16-10-12-26-20(14-16)25-21(22-17(5-2)11-13-28-22)23(26)24-15-18-8-6-7-9-19(18)27-3;1-2-5-4-6(5)3-1/h2,6-14,24H,4,15H2,1,3H3;1-4H. The van der Waals surface area contributed by atoms with Crippen LogP contribution >= 0.6 is 11.3 Å². The van der Waals surface area contributed by atoms with Gasteiger partial charge in [0, 0.05) is 23.9 Å². The van der Waals surface area contributed by atoms with Gasteiger partial charge in [-0.1, -0.05) is 49.2 Å². The molecule has 4 aromatic rings. The summed E-state index contributed by atoms with van der Waals surface area (Å²) >= 11 is 1.61. The van der Waals surface area contributed by atoms with Crippen LogP contribution < -0.4 is 10.1 Å². The molecule has 1 aromatic carbocycles. The summed E-state index contributed by atoms with van der Waals surface area (Å²) in [6.45, 7) is 2.77. The second-order valence-electron chi connectivity index (χ2n) is 7.98. The number of aryl methyl sites for hydroxylation is 1. The molecule has 6 rings (SSSR count). The minimum atomic E-state index is 0.622. The first-order valence-corrected chi connectivity index (χ1v) is 12.1. The Morgan fingerprint density at radius 1 is 1.06 bits per heavy atom. The Balaban J connectivity index is 0.000000343. The Bertz CT molecular complexity index is 1490. The van der Waals surface area contributed by atoms with Crippen molar-refractivity contribution in [2.45, 2.75) is 19.9 Å². The third-order valence-electron chi connectivity index (χ3n) is 5.89. The molecule has 4 nitrogen and oxygen atoms in total. The fraction of sp³-hybridized carbons (Fsp3) is 0.138. The van der Waals surface area contributed by atoms with Gasteiger partial charge in [-0.25, -0.2) is 4.98 Å². The Labute approximate surface area is 203 Å². The molecular formula is C29H25N3OS. The fourth-order valence-corrected chi connectivity index (χ4v) is 4.79. The SMILES string of the molecule is C#Cc1ccsc1-c1nc2cc(CC)ccn2c1NCc1ccccc1OC.c1cc2cc-2c1. The number of hydrogen-bond acceptors (Lipinski definition) is 4. The van der Waals surface area contributed by atoms with Gasteiger partial charge in [0.05, 0.1) is 12.0 Å². The third-order valence-corrected chi connectivity index (χ3v) is 6.81. The number of thiophene rings is 1. The molecule has 2 aliphatic rings. The van der Waals surface area contributed by atoms with Crippen molar-refractivity contribution in [3.63, 3.8) is 0 Å². The zero-order valence-corrected chi connectivity index (χ0v) is 20.0. The number of imidazole rings is 1. The summed E-state index contributed by atoms with van der Waals surface area (Å²) in [5, 5.41) is 5.57. The molecule has 1 N–H and O–H groups in total. The van der Waals surface area contributed by atoms with Crippen molar-refractivity contribution in [3.05, 3.63) is 95.0 Å². The van der Waals surface area contributed by atoms with Crippen LogP contribution in [-0.4, -0.2) is 16.5 Å². The number of fused-ring (bicyclic) bond motifs is 2. The number of rotatable bonds is 6. The van der Waals surface area contributed by atoms with Gasteiger partial charge in [-0.15, -0.1) is 17.8 Å². The molecule has 0 fully saturated rings. The van der Waals surface area contributed by atoms with E-state index in [9.17, 15) is 0 Å². The van der Waals surface area contributed by atoms with Crippen molar-refractivity contribution >= 4 is 22.8 Å². The number of para-hydroxylation sites is 1. The topological polar surface area (TPSA) is 38.6 Å².